The summed E-state index contributed by atoms with van der Waals surface area (Å²) in [5, 5.41) is 18.8. The van der Waals surface area contributed by atoms with Gasteiger partial charge in [0.25, 0.3) is 0 Å². The second-order valence-electron chi connectivity index (χ2n) is 11.4. The van der Waals surface area contributed by atoms with Gasteiger partial charge in [-0.15, -0.1) is 0 Å². The van der Waals surface area contributed by atoms with Crippen molar-refractivity contribution in [3.63, 3.8) is 0 Å². The summed E-state index contributed by atoms with van der Waals surface area (Å²) in [5.74, 6) is 0.242. The SMILES string of the molecule is Cc1cc(OCC2(CO)CC2)cc(C)c1-c1ccc(F)c2c1CC[C@H]2Oc1ccc([C@H]2C[C@@H]2C(=O)O)cc1. The molecule has 0 aromatic heterocycles. The minimum Gasteiger partial charge on any atom is -0.493 e. The number of hydrogen-bond acceptors (Lipinski definition) is 4. The van der Waals surface area contributed by atoms with Gasteiger partial charge in [0.15, 0.2) is 0 Å². The van der Waals surface area contributed by atoms with Crippen LogP contribution in [0.4, 0.5) is 4.39 Å². The molecule has 6 rings (SSSR count). The van der Waals surface area contributed by atoms with Crippen molar-refractivity contribution in [2.45, 2.75) is 58.0 Å². The van der Waals surface area contributed by atoms with Crippen molar-refractivity contribution >= 4 is 5.97 Å². The molecule has 3 aliphatic carbocycles. The fourth-order valence-electron chi connectivity index (χ4n) is 6.01. The molecule has 3 aliphatic rings. The molecule has 5 nitrogen and oxygen atoms in total. The van der Waals surface area contributed by atoms with Crippen LogP contribution in [-0.4, -0.2) is 29.4 Å². The summed E-state index contributed by atoms with van der Waals surface area (Å²) in [4.78, 5) is 11.2. The van der Waals surface area contributed by atoms with Crippen molar-refractivity contribution in [3.05, 3.63) is 82.2 Å². The topological polar surface area (TPSA) is 76.0 Å². The van der Waals surface area contributed by atoms with Crippen LogP contribution in [0.3, 0.4) is 0 Å². The highest BCUT2D eigenvalue weighted by Crippen LogP contribution is 2.49. The first-order chi connectivity index (χ1) is 18.3. The largest absolute Gasteiger partial charge is 0.493 e. The van der Waals surface area contributed by atoms with E-state index in [1.165, 1.54) is 0 Å². The number of rotatable bonds is 9. The number of aliphatic hydroxyl groups excluding tert-OH is 1. The Labute approximate surface area is 222 Å². The molecule has 3 aromatic carbocycles. The number of ether oxygens (including phenoxy) is 2. The van der Waals surface area contributed by atoms with Crippen LogP contribution < -0.4 is 9.47 Å². The molecule has 0 heterocycles. The van der Waals surface area contributed by atoms with E-state index in [1.54, 1.807) is 6.07 Å². The lowest BCUT2D eigenvalue weighted by molar-refractivity contribution is -0.138. The van der Waals surface area contributed by atoms with Gasteiger partial charge >= 0.3 is 5.97 Å². The summed E-state index contributed by atoms with van der Waals surface area (Å²) in [6, 6.07) is 15.1. The molecule has 6 heteroatoms. The number of halogens is 1. The van der Waals surface area contributed by atoms with E-state index in [2.05, 4.69) is 13.8 Å². The third-order valence-corrected chi connectivity index (χ3v) is 8.59. The first-order valence-corrected chi connectivity index (χ1v) is 13.4. The second-order valence-corrected chi connectivity index (χ2v) is 11.4. The molecule has 198 valence electrons. The molecule has 2 N–H and O–H groups in total. The first kappa shape index (κ1) is 24.9. The first-order valence-electron chi connectivity index (χ1n) is 13.4. The quantitative estimate of drug-likeness (QED) is 0.339. The van der Waals surface area contributed by atoms with Gasteiger partial charge in [0.2, 0.25) is 0 Å². The number of carbonyl (C=O) groups is 1. The molecule has 3 atom stereocenters. The van der Waals surface area contributed by atoms with Gasteiger partial charge in [-0.2, -0.15) is 0 Å². The van der Waals surface area contributed by atoms with Crippen LogP contribution in [0.5, 0.6) is 11.5 Å². The maximum atomic E-state index is 15.2. The molecule has 0 unspecified atom stereocenters. The van der Waals surface area contributed by atoms with E-state index in [0.29, 0.717) is 30.8 Å². The Morgan fingerprint density at radius 3 is 2.37 bits per heavy atom. The summed E-state index contributed by atoms with van der Waals surface area (Å²) in [5.41, 5.74) is 6.82. The molecule has 0 spiro atoms. The number of fused-ring (bicyclic) bond motifs is 1. The number of aryl methyl sites for hydroxylation is 2. The summed E-state index contributed by atoms with van der Waals surface area (Å²) in [6.45, 7) is 4.80. The van der Waals surface area contributed by atoms with Gasteiger partial charge in [0.05, 0.1) is 19.1 Å². The minimum atomic E-state index is -0.745. The molecule has 3 aromatic rings. The van der Waals surface area contributed by atoms with Crippen LogP contribution >= 0.6 is 0 Å². The van der Waals surface area contributed by atoms with Gasteiger partial charge in [-0.05, 0) is 116 Å². The van der Waals surface area contributed by atoms with E-state index in [9.17, 15) is 15.0 Å². The molecule has 2 fully saturated rings. The van der Waals surface area contributed by atoms with Crippen LogP contribution in [0.15, 0.2) is 48.5 Å². The summed E-state index contributed by atoms with van der Waals surface area (Å²) < 4.78 is 27.5. The van der Waals surface area contributed by atoms with E-state index in [-0.39, 0.29) is 35.8 Å². The smallest absolute Gasteiger partial charge is 0.307 e. The van der Waals surface area contributed by atoms with Crippen molar-refractivity contribution in [1.29, 1.82) is 0 Å². The normalized spacial score (nSPS) is 22.6. The zero-order valence-electron chi connectivity index (χ0n) is 21.8. The Kier molecular flexibility index (Phi) is 6.18. The molecular weight excluding hydrogens is 483 g/mol. The van der Waals surface area contributed by atoms with Gasteiger partial charge < -0.3 is 19.7 Å². The number of aliphatic hydroxyl groups is 1. The highest BCUT2D eigenvalue weighted by Gasteiger charge is 2.44. The maximum absolute atomic E-state index is 15.2. The van der Waals surface area contributed by atoms with Crippen molar-refractivity contribution < 1.29 is 28.9 Å². The Morgan fingerprint density at radius 1 is 1.05 bits per heavy atom. The molecule has 2 saturated carbocycles. The summed E-state index contributed by atoms with van der Waals surface area (Å²) in [7, 11) is 0. The van der Waals surface area contributed by atoms with Crippen LogP contribution in [0.25, 0.3) is 11.1 Å². The van der Waals surface area contributed by atoms with E-state index < -0.39 is 5.97 Å². The molecule has 38 heavy (non-hydrogen) atoms. The molecule has 0 radical (unpaired) electrons. The van der Waals surface area contributed by atoms with Crippen LogP contribution in [-0.2, 0) is 11.2 Å². The summed E-state index contributed by atoms with van der Waals surface area (Å²) >= 11 is 0. The van der Waals surface area contributed by atoms with Gasteiger partial charge in [0.1, 0.15) is 23.4 Å². The fourth-order valence-corrected chi connectivity index (χ4v) is 6.01. The Bertz CT molecular complexity index is 1370. The zero-order valence-corrected chi connectivity index (χ0v) is 21.8. The number of hydrogen-bond donors (Lipinski definition) is 2. The minimum absolute atomic E-state index is 0.0709. The van der Waals surface area contributed by atoms with Gasteiger partial charge in [0, 0.05) is 11.0 Å². The van der Waals surface area contributed by atoms with Crippen molar-refractivity contribution in [1.82, 2.24) is 0 Å². The van der Waals surface area contributed by atoms with Crippen molar-refractivity contribution in [2.24, 2.45) is 11.3 Å². The summed E-state index contributed by atoms with van der Waals surface area (Å²) in [6.07, 6.45) is 3.72. The number of benzene rings is 3. The molecule has 0 amide bonds. The maximum Gasteiger partial charge on any atom is 0.307 e. The van der Waals surface area contributed by atoms with Gasteiger partial charge in [-0.3, -0.25) is 4.79 Å². The van der Waals surface area contributed by atoms with Crippen LogP contribution in [0.1, 0.15) is 65.5 Å². The molecule has 0 aliphatic heterocycles. The monoisotopic (exact) mass is 516 g/mol. The van der Waals surface area contributed by atoms with Crippen LogP contribution in [0.2, 0.25) is 0 Å². The Balaban J connectivity index is 1.22. The second kappa shape index (κ2) is 9.42. The zero-order chi connectivity index (χ0) is 26.6. The molecule has 0 bridgehead atoms. The fraction of sp³-hybridized carbons (Fsp3) is 0.406. The van der Waals surface area contributed by atoms with E-state index in [4.69, 9.17) is 9.47 Å². The lowest BCUT2D eigenvalue weighted by Crippen LogP contribution is -2.17. The average molecular weight is 517 g/mol. The predicted octanol–water partition coefficient (Wildman–Crippen LogP) is 6.52. The van der Waals surface area contributed by atoms with Crippen molar-refractivity contribution in [2.75, 3.05) is 13.2 Å². The predicted molar refractivity (Wildman–Crippen MR) is 142 cm³/mol. The highest BCUT2D eigenvalue weighted by atomic mass is 19.1. The average Bonchev–Trinajstić information content (AvgIpc) is 3.81. The van der Waals surface area contributed by atoms with Crippen LogP contribution in [0, 0.1) is 31.0 Å². The third kappa shape index (κ3) is 4.55. The Morgan fingerprint density at radius 2 is 1.76 bits per heavy atom. The lowest BCUT2D eigenvalue weighted by Gasteiger charge is -2.20. The number of carboxylic acid groups (broad SMARTS) is 1. The van der Waals surface area contributed by atoms with Gasteiger partial charge in [-0.25, -0.2) is 4.39 Å². The van der Waals surface area contributed by atoms with E-state index in [1.807, 2.05) is 42.5 Å². The molecule has 0 saturated heterocycles. The lowest BCUT2D eigenvalue weighted by atomic mass is 9.90. The van der Waals surface area contributed by atoms with E-state index >= 15 is 4.39 Å². The number of carboxylic acids is 1. The number of aliphatic carboxylic acids is 1. The molecular formula is C32H33FO5. The third-order valence-electron chi connectivity index (χ3n) is 8.59. The van der Waals surface area contributed by atoms with Gasteiger partial charge in [-0.1, -0.05) is 18.2 Å². The highest BCUT2D eigenvalue weighted by molar-refractivity contribution is 5.77. The van der Waals surface area contributed by atoms with E-state index in [0.717, 1.165) is 58.4 Å². The standard InChI is InChI=1S/C32H33FO5/c1-18-13-22(37-17-32(16-34)11-12-32)14-19(2)29(18)23-7-9-27(33)30-24(23)8-10-28(30)38-21-5-3-20(4-6-21)25-15-26(25)31(35)36/h3-7,9,13-14,25-26,28,34H,8,10-12,15-17H2,1-2H3,(H,35,36)/t25-,26+,28-/m1/s1. The van der Waals surface area contributed by atoms with Crippen molar-refractivity contribution in [3.8, 4) is 22.6 Å². The Hall–Kier alpha value is -3.38.